The highest BCUT2D eigenvalue weighted by Gasteiger charge is 2.32. The Morgan fingerprint density at radius 2 is 1.70 bits per heavy atom. The molecule has 1 aromatic carbocycles. The fourth-order valence-corrected chi connectivity index (χ4v) is 4.64. The molecular formula is C30H50ClN8O7+. The Hall–Kier alpha value is -3.31. The van der Waals surface area contributed by atoms with E-state index in [9.17, 15) is 25.2 Å². The Balaban J connectivity index is 1.76. The highest BCUT2D eigenvalue weighted by Crippen LogP contribution is 2.17. The van der Waals surface area contributed by atoms with Gasteiger partial charge >= 0.3 is 0 Å². The van der Waals surface area contributed by atoms with E-state index >= 15 is 0 Å². The number of aliphatic hydroxyl groups is 4. The van der Waals surface area contributed by atoms with Crippen molar-refractivity contribution >= 4 is 35.1 Å². The van der Waals surface area contributed by atoms with E-state index in [4.69, 9.17) is 38.6 Å². The van der Waals surface area contributed by atoms with Gasteiger partial charge in [0.1, 0.15) is 24.6 Å². The number of ether oxygens (including phenoxy) is 1. The number of guanidine groups is 1. The Morgan fingerprint density at radius 3 is 2.37 bits per heavy atom. The quantitative estimate of drug-likeness (QED) is 0.0372. The van der Waals surface area contributed by atoms with Crippen LogP contribution in [0.2, 0.25) is 5.15 Å². The Kier molecular flexibility index (Phi) is 17.5. The van der Waals surface area contributed by atoms with Crippen molar-refractivity contribution in [1.82, 2.24) is 20.2 Å². The summed E-state index contributed by atoms with van der Waals surface area (Å²) in [7, 11) is 0. The van der Waals surface area contributed by atoms with Gasteiger partial charge in [-0.15, -0.1) is 0 Å². The van der Waals surface area contributed by atoms with Crippen LogP contribution in [0, 0.1) is 0 Å². The van der Waals surface area contributed by atoms with Crippen molar-refractivity contribution in [3.05, 3.63) is 40.7 Å². The number of rotatable bonds is 21. The number of nitrogens with two attached hydrogens (primary N) is 3. The highest BCUT2D eigenvalue weighted by atomic mass is 35.5. The van der Waals surface area contributed by atoms with E-state index in [-0.39, 0.29) is 35.0 Å². The van der Waals surface area contributed by atoms with Gasteiger partial charge in [-0.1, -0.05) is 49.9 Å². The van der Waals surface area contributed by atoms with Crippen molar-refractivity contribution in [3.8, 4) is 5.75 Å². The van der Waals surface area contributed by atoms with Crippen LogP contribution in [-0.2, 0) is 6.42 Å². The minimum absolute atomic E-state index is 0.0774. The number of unbranched alkanes of at least 4 members (excludes halogenated alkanes) is 4. The lowest BCUT2D eigenvalue weighted by Gasteiger charge is -2.30. The second-order valence-electron chi connectivity index (χ2n) is 11.0. The molecule has 1 heterocycles. The first-order valence-corrected chi connectivity index (χ1v) is 15.8. The molecule has 0 aliphatic heterocycles. The van der Waals surface area contributed by atoms with Crippen molar-refractivity contribution in [2.75, 3.05) is 50.9 Å². The van der Waals surface area contributed by atoms with Crippen molar-refractivity contribution in [1.29, 1.82) is 0 Å². The van der Waals surface area contributed by atoms with Crippen LogP contribution in [0.1, 0.15) is 61.5 Å². The maximum Gasteiger partial charge on any atom is 0.280 e. The van der Waals surface area contributed by atoms with Gasteiger partial charge in [0.2, 0.25) is 0 Å². The fourth-order valence-electron chi connectivity index (χ4n) is 4.51. The number of nitrogen functional groups attached to an aromatic ring is 2. The Morgan fingerprint density at radius 1 is 1.00 bits per heavy atom. The molecule has 0 saturated heterocycles. The SMILES string of the molecule is CCCCCCN(CCOc1ccc(CCCCN=C(N)NC(=O)c2nc(Cl)c(N)nc2N)cc1)C[C@H](O)[C@@H](O)[C@H](O)[C@H](O)C[OH2+]. The second kappa shape index (κ2) is 20.7. The number of nitrogens with one attached hydrogen (secondary N) is 1. The molecule has 16 heteroatoms. The first kappa shape index (κ1) is 38.9. The molecule has 46 heavy (non-hydrogen) atoms. The number of aromatic nitrogens is 2. The summed E-state index contributed by atoms with van der Waals surface area (Å²) < 4.78 is 5.92. The summed E-state index contributed by atoms with van der Waals surface area (Å²) in [6.07, 6.45) is 0.652. The third-order valence-corrected chi connectivity index (χ3v) is 7.52. The van der Waals surface area contributed by atoms with E-state index in [1.807, 2.05) is 29.2 Å². The van der Waals surface area contributed by atoms with Gasteiger partial charge in [-0.05, 0) is 49.9 Å². The molecule has 258 valence electrons. The number of hydrogen-bond acceptors (Lipinski definition) is 12. The maximum absolute atomic E-state index is 12.3. The molecule has 0 unspecified atom stereocenters. The summed E-state index contributed by atoms with van der Waals surface area (Å²) >= 11 is 5.81. The van der Waals surface area contributed by atoms with Crippen LogP contribution in [0.3, 0.4) is 0 Å². The molecule has 2 aromatic rings. The lowest BCUT2D eigenvalue weighted by atomic mass is 10.0. The highest BCUT2D eigenvalue weighted by molar-refractivity contribution is 6.31. The number of hydrogen-bond donors (Lipinski definition) is 8. The van der Waals surface area contributed by atoms with Crippen LogP contribution in [0.5, 0.6) is 5.75 Å². The van der Waals surface area contributed by atoms with Gasteiger partial charge in [0.25, 0.3) is 5.91 Å². The third kappa shape index (κ3) is 13.6. The normalized spacial score (nSPS) is 14.6. The third-order valence-electron chi connectivity index (χ3n) is 7.24. The van der Waals surface area contributed by atoms with Crippen LogP contribution in [-0.4, -0.2) is 116 Å². The largest absolute Gasteiger partial charge is 0.492 e. The van der Waals surface area contributed by atoms with E-state index in [1.165, 1.54) is 0 Å². The van der Waals surface area contributed by atoms with E-state index in [0.29, 0.717) is 32.0 Å². The molecule has 0 aliphatic rings. The molecule has 13 N–H and O–H groups in total. The summed E-state index contributed by atoms with van der Waals surface area (Å²) in [5.74, 6) is -0.320. The average molecular weight is 670 g/mol. The summed E-state index contributed by atoms with van der Waals surface area (Å²) in [6, 6.07) is 7.75. The average Bonchev–Trinajstić information content (AvgIpc) is 3.03. The van der Waals surface area contributed by atoms with Crippen LogP contribution < -0.4 is 27.3 Å². The van der Waals surface area contributed by atoms with Gasteiger partial charge in [0, 0.05) is 19.6 Å². The molecule has 0 saturated carbocycles. The maximum atomic E-state index is 12.3. The smallest absolute Gasteiger partial charge is 0.280 e. The monoisotopic (exact) mass is 669 g/mol. The molecule has 0 spiro atoms. The number of aliphatic hydroxyl groups excluding tert-OH is 4. The zero-order valence-corrected chi connectivity index (χ0v) is 27.1. The molecule has 1 aromatic heterocycles. The zero-order valence-electron chi connectivity index (χ0n) is 26.3. The minimum Gasteiger partial charge on any atom is -0.492 e. The van der Waals surface area contributed by atoms with Gasteiger partial charge in [-0.3, -0.25) is 20.0 Å². The van der Waals surface area contributed by atoms with E-state index in [2.05, 4.69) is 27.2 Å². The molecule has 1 amide bonds. The zero-order chi connectivity index (χ0) is 34.1. The van der Waals surface area contributed by atoms with Crippen molar-refractivity contribution in [2.45, 2.75) is 76.3 Å². The molecular weight excluding hydrogens is 620 g/mol. The predicted molar refractivity (Wildman–Crippen MR) is 178 cm³/mol. The number of carbonyl (C=O) groups is 1. The van der Waals surface area contributed by atoms with Gasteiger partial charge in [-0.25, -0.2) is 9.97 Å². The number of anilines is 2. The molecule has 2 rings (SSSR count). The van der Waals surface area contributed by atoms with Crippen molar-refractivity contribution < 1.29 is 35.1 Å². The molecule has 0 fully saturated rings. The number of amides is 1. The molecule has 15 nitrogen and oxygen atoms in total. The van der Waals surface area contributed by atoms with E-state index in [1.54, 1.807) is 0 Å². The summed E-state index contributed by atoms with van der Waals surface area (Å²) in [4.78, 5) is 26.0. The minimum atomic E-state index is -1.60. The molecule has 0 bridgehead atoms. The first-order chi connectivity index (χ1) is 22.0. The molecule has 4 atom stereocenters. The van der Waals surface area contributed by atoms with E-state index < -0.39 is 36.9 Å². The second-order valence-corrected chi connectivity index (χ2v) is 11.3. The van der Waals surface area contributed by atoms with Gasteiger partial charge in [-0.2, -0.15) is 0 Å². The number of carbonyl (C=O) groups excluding carboxylic acids is 1. The molecule has 0 aliphatic carbocycles. The van der Waals surface area contributed by atoms with Crippen molar-refractivity contribution in [2.24, 2.45) is 10.7 Å². The van der Waals surface area contributed by atoms with Gasteiger partial charge in [0.15, 0.2) is 41.2 Å². The van der Waals surface area contributed by atoms with E-state index in [0.717, 1.165) is 50.5 Å². The lowest BCUT2D eigenvalue weighted by Crippen LogP contribution is -2.50. The number of aliphatic imine (C=N–C) groups is 1. The summed E-state index contributed by atoms with van der Waals surface area (Å²) in [5, 5.41) is 49.8. The number of benzene rings is 1. The fraction of sp³-hybridized carbons (Fsp3) is 0.600. The molecule has 0 radical (unpaired) electrons. The number of nitrogens with zero attached hydrogens (tertiary/aromatic N) is 4. The number of halogens is 1. The summed E-state index contributed by atoms with van der Waals surface area (Å²) in [5.41, 5.74) is 17.9. The topological polar surface area (TPSA) is 262 Å². The predicted octanol–water partition coefficient (Wildman–Crippen LogP) is -0.209. The number of aryl methyl sites for hydroxylation is 1. The van der Waals surface area contributed by atoms with Gasteiger partial charge < -0.3 is 47.5 Å². The first-order valence-electron chi connectivity index (χ1n) is 15.5. The van der Waals surface area contributed by atoms with Crippen molar-refractivity contribution in [3.63, 3.8) is 0 Å². The van der Waals surface area contributed by atoms with Crippen LogP contribution >= 0.6 is 11.6 Å². The van der Waals surface area contributed by atoms with Crippen LogP contribution in [0.4, 0.5) is 11.6 Å². The standard InChI is InChI=1S/C30H49ClN8O7/c1-2-3-4-7-14-39(17-21(41)24(43)25(44)22(42)18-40)15-16-46-20-11-9-19(10-12-20)8-5-6-13-35-30(34)38-29(45)23-27(32)37-28(33)26(31)36-23/h9-12,21-22,24-25,40-44H,2-8,13-18H2,1H3,(H4,32,33,37)(H3,34,35,38,45)/p+1/t21-,22+,24+,25+/m0/s1. The van der Waals surface area contributed by atoms with Crippen LogP contribution in [0.25, 0.3) is 0 Å². The summed E-state index contributed by atoms with van der Waals surface area (Å²) in [6.45, 7) is 3.69. The lowest BCUT2D eigenvalue weighted by molar-refractivity contribution is -0.119. The Labute approximate surface area is 274 Å². The van der Waals surface area contributed by atoms with Crippen LogP contribution in [0.15, 0.2) is 29.3 Å². The van der Waals surface area contributed by atoms with Gasteiger partial charge in [0.05, 0.1) is 6.10 Å². The Bertz CT molecular complexity index is 1220.